The molecule has 0 bridgehead atoms. The van der Waals surface area contributed by atoms with Gasteiger partial charge in [-0.1, -0.05) is 43.7 Å². The second-order valence-corrected chi connectivity index (χ2v) is 4.84. The van der Waals surface area contributed by atoms with Gasteiger partial charge in [0, 0.05) is 6.54 Å². The van der Waals surface area contributed by atoms with Crippen molar-refractivity contribution in [1.82, 2.24) is 4.90 Å². The van der Waals surface area contributed by atoms with Crippen LogP contribution >= 0.6 is 0 Å². The van der Waals surface area contributed by atoms with E-state index in [9.17, 15) is 5.11 Å². The number of ether oxygens (including phenoxy) is 1. The maximum absolute atomic E-state index is 9.51. The minimum atomic E-state index is -0.0991. The molecule has 2 rings (SSSR count). The maximum Gasteiger partial charge on any atom is 0.100 e. The predicted molar refractivity (Wildman–Crippen MR) is 72.5 cm³/mol. The van der Waals surface area contributed by atoms with Crippen molar-refractivity contribution in [3.63, 3.8) is 0 Å². The molecule has 18 heavy (non-hydrogen) atoms. The summed E-state index contributed by atoms with van der Waals surface area (Å²) in [5.41, 5.74) is 1.24. The first-order valence-electron chi connectivity index (χ1n) is 6.88. The Kier molecular flexibility index (Phi) is 5.17. The minimum absolute atomic E-state index is 0.0855. The van der Waals surface area contributed by atoms with E-state index in [1.54, 1.807) is 0 Å². The largest absolute Gasteiger partial charge is 0.394 e. The molecule has 1 aromatic rings. The average molecular weight is 249 g/mol. The van der Waals surface area contributed by atoms with E-state index in [4.69, 9.17) is 4.74 Å². The lowest BCUT2D eigenvalue weighted by atomic mass is 9.98. The Hall–Kier alpha value is -0.900. The van der Waals surface area contributed by atoms with Crippen molar-refractivity contribution in [2.45, 2.75) is 31.9 Å². The zero-order valence-corrected chi connectivity index (χ0v) is 11.1. The Balaban J connectivity index is 2.16. The first-order chi connectivity index (χ1) is 8.86. The number of benzene rings is 1. The van der Waals surface area contributed by atoms with Crippen molar-refractivity contribution in [3.8, 4) is 0 Å². The number of nitrogens with zero attached hydrogens (tertiary/aromatic N) is 1. The van der Waals surface area contributed by atoms with Crippen LogP contribution in [0.3, 0.4) is 0 Å². The number of rotatable bonds is 5. The standard InChI is InChI=1S/C15H23NO2/c1-2-3-9-16-10-11-18-14(12-17)15(16)13-7-5-4-6-8-13/h4-8,14-15,17H,2-3,9-12H2,1H3/t14-,15-/m1/s1. The highest BCUT2D eigenvalue weighted by molar-refractivity contribution is 5.21. The summed E-state index contributed by atoms with van der Waals surface area (Å²) in [6, 6.07) is 10.6. The molecule has 1 aliphatic rings. The average Bonchev–Trinajstić information content (AvgIpc) is 2.45. The molecule has 1 saturated heterocycles. The number of aliphatic hydroxyl groups excluding tert-OH is 1. The number of hydrogen-bond acceptors (Lipinski definition) is 3. The molecule has 0 spiro atoms. The molecule has 0 radical (unpaired) electrons. The fourth-order valence-electron chi connectivity index (χ4n) is 2.63. The van der Waals surface area contributed by atoms with Crippen LogP contribution in [-0.4, -0.2) is 42.4 Å². The Labute approximate surface area is 109 Å². The van der Waals surface area contributed by atoms with Crippen molar-refractivity contribution < 1.29 is 9.84 Å². The highest BCUT2D eigenvalue weighted by Gasteiger charge is 2.32. The molecule has 3 nitrogen and oxygen atoms in total. The minimum Gasteiger partial charge on any atom is -0.394 e. The predicted octanol–water partition coefficient (Wildman–Crippen LogP) is 2.22. The summed E-state index contributed by atoms with van der Waals surface area (Å²) in [5.74, 6) is 0. The first-order valence-corrected chi connectivity index (χ1v) is 6.88. The first kappa shape index (κ1) is 13.5. The molecule has 1 aromatic carbocycles. The van der Waals surface area contributed by atoms with Gasteiger partial charge in [0.25, 0.3) is 0 Å². The lowest BCUT2D eigenvalue weighted by Gasteiger charge is -2.41. The van der Waals surface area contributed by atoms with Gasteiger partial charge in [0.05, 0.1) is 19.3 Å². The topological polar surface area (TPSA) is 32.7 Å². The highest BCUT2D eigenvalue weighted by Crippen LogP contribution is 2.29. The van der Waals surface area contributed by atoms with E-state index in [1.807, 2.05) is 6.07 Å². The molecule has 0 unspecified atom stereocenters. The summed E-state index contributed by atoms with van der Waals surface area (Å²) < 4.78 is 5.71. The molecule has 1 heterocycles. The molecule has 100 valence electrons. The molecule has 1 N–H and O–H groups in total. The second-order valence-electron chi connectivity index (χ2n) is 4.84. The second kappa shape index (κ2) is 6.88. The van der Waals surface area contributed by atoms with Crippen LogP contribution in [0.4, 0.5) is 0 Å². The van der Waals surface area contributed by atoms with Gasteiger partial charge < -0.3 is 9.84 Å². The van der Waals surface area contributed by atoms with Crippen LogP contribution < -0.4 is 0 Å². The number of unbranched alkanes of at least 4 members (excludes halogenated alkanes) is 1. The molecule has 0 aliphatic carbocycles. The summed E-state index contributed by atoms with van der Waals surface area (Å²) in [6.07, 6.45) is 2.29. The Morgan fingerprint density at radius 1 is 1.33 bits per heavy atom. The van der Waals surface area contributed by atoms with E-state index in [0.717, 1.165) is 19.7 Å². The molecular formula is C15H23NO2. The molecule has 1 fully saturated rings. The fraction of sp³-hybridized carbons (Fsp3) is 0.600. The van der Waals surface area contributed by atoms with Crippen LogP contribution in [0.1, 0.15) is 31.4 Å². The Bertz CT molecular complexity index is 342. The smallest absolute Gasteiger partial charge is 0.100 e. The summed E-state index contributed by atoms with van der Waals surface area (Å²) >= 11 is 0. The zero-order valence-electron chi connectivity index (χ0n) is 11.1. The molecule has 3 heteroatoms. The van der Waals surface area contributed by atoms with Gasteiger partial charge in [-0.25, -0.2) is 0 Å². The molecule has 2 atom stereocenters. The third kappa shape index (κ3) is 3.10. The Morgan fingerprint density at radius 3 is 2.78 bits per heavy atom. The monoisotopic (exact) mass is 249 g/mol. The molecule has 0 aromatic heterocycles. The van der Waals surface area contributed by atoms with E-state index in [2.05, 4.69) is 36.1 Å². The van der Waals surface area contributed by atoms with Crippen molar-refractivity contribution in [1.29, 1.82) is 0 Å². The van der Waals surface area contributed by atoms with Crippen molar-refractivity contribution in [2.75, 3.05) is 26.3 Å². The van der Waals surface area contributed by atoms with E-state index >= 15 is 0 Å². The summed E-state index contributed by atoms with van der Waals surface area (Å²) in [6.45, 7) is 5.05. The van der Waals surface area contributed by atoms with Gasteiger partial charge >= 0.3 is 0 Å². The van der Waals surface area contributed by atoms with Gasteiger partial charge in [0.15, 0.2) is 0 Å². The third-order valence-corrected chi connectivity index (χ3v) is 3.58. The van der Waals surface area contributed by atoms with Crippen LogP contribution in [0, 0.1) is 0 Å². The number of hydrogen-bond donors (Lipinski definition) is 1. The van der Waals surface area contributed by atoms with E-state index in [0.29, 0.717) is 0 Å². The van der Waals surface area contributed by atoms with Crippen LogP contribution in [0.5, 0.6) is 0 Å². The van der Waals surface area contributed by atoms with Crippen molar-refractivity contribution in [2.24, 2.45) is 0 Å². The molecular weight excluding hydrogens is 226 g/mol. The van der Waals surface area contributed by atoms with Crippen molar-refractivity contribution in [3.05, 3.63) is 35.9 Å². The van der Waals surface area contributed by atoms with Gasteiger partial charge in [0.1, 0.15) is 6.10 Å². The lowest BCUT2D eigenvalue weighted by Crippen LogP contribution is -2.47. The Morgan fingerprint density at radius 2 is 2.11 bits per heavy atom. The number of morpholine rings is 1. The normalized spacial score (nSPS) is 25.2. The van der Waals surface area contributed by atoms with Crippen LogP contribution in [0.25, 0.3) is 0 Å². The summed E-state index contributed by atoms with van der Waals surface area (Å²) in [5, 5.41) is 9.51. The van der Waals surface area contributed by atoms with E-state index in [1.165, 1.54) is 18.4 Å². The third-order valence-electron chi connectivity index (χ3n) is 3.58. The van der Waals surface area contributed by atoms with Crippen LogP contribution in [-0.2, 0) is 4.74 Å². The molecule has 0 amide bonds. The van der Waals surface area contributed by atoms with Gasteiger partial charge in [-0.05, 0) is 18.5 Å². The van der Waals surface area contributed by atoms with Crippen LogP contribution in [0.2, 0.25) is 0 Å². The van der Waals surface area contributed by atoms with Crippen molar-refractivity contribution >= 4 is 0 Å². The van der Waals surface area contributed by atoms with Crippen LogP contribution in [0.15, 0.2) is 30.3 Å². The summed E-state index contributed by atoms with van der Waals surface area (Å²) in [4.78, 5) is 2.45. The molecule has 1 aliphatic heterocycles. The zero-order chi connectivity index (χ0) is 12.8. The van der Waals surface area contributed by atoms with E-state index in [-0.39, 0.29) is 18.8 Å². The van der Waals surface area contributed by atoms with Gasteiger partial charge in [-0.2, -0.15) is 0 Å². The molecule has 0 saturated carbocycles. The lowest BCUT2D eigenvalue weighted by molar-refractivity contribution is -0.0933. The van der Waals surface area contributed by atoms with Gasteiger partial charge in [-0.3, -0.25) is 4.90 Å². The quantitative estimate of drug-likeness (QED) is 0.868. The SMILES string of the molecule is CCCCN1CCO[C@H](CO)[C@H]1c1ccccc1. The highest BCUT2D eigenvalue weighted by atomic mass is 16.5. The van der Waals surface area contributed by atoms with E-state index < -0.39 is 0 Å². The van der Waals surface area contributed by atoms with Gasteiger partial charge in [-0.15, -0.1) is 0 Å². The fourth-order valence-corrected chi connectivity index (χ4v) is 2.63. The number of aliphatic hydroxyl groups is 1. The van der Waals surface area contributed by atoms with Gasteiger partial charge in [0.2, 0.25) is 0 Å². The summed E-state index contributed by atoms with van der Waals surface area (Å²) in [7, 11) is 0. The maximum atomic E-state index is 9.51.